The van der Waals surface area contributed by atoms with Gasteiger partial charge in [0.1, 0.15) is 6.04 Å². The van der Waals surface area contributed by atoms with Crippen LogP contribution in [0.4, 0.5) is 0 Å². The quantitative estimate of drug-likeness (QED) is 0.778. The van der Waals surface area contributed by atoms with Crippen molar-refractivity contribution < 1.29 is 19.0 Å². The number of ether oxygens (including phenoxy) is 3. The Labute approximate surface area is 140 Å². The van der Waals surface area contributed by atoms with Crippen LogP contribution in [0.1, 0.15) is 17.5 Å². The molecule has 1 aromatic carbocycles. The molecule has 126 valence electrons. The lowest BCUT2D eigenvalue weighted by Gasteiger charge is -2.45. The summed E-state index contributed by atoms with van der Waals surface area (Å²) < 4.78 is 16.6. The summed E-state index contributed by atoms with van der Waals surface area (Å²) in [6.07, 6.45) is 5.10. The molecule has 4 aliphatic rings. The fourth-order valence-electron chi connectivity index (χ4n) is 4.80. The second-order valence-corrected chi connectivity index (χ2v) is 6.94. The molecule has 1 saturated heterocycles. The molecule has 1 aliphatic carbocycles. The maximum atomic E-state index is 12.9. The average molecular weight is 328 g/mol. The first kappa shape index (κ1) is 14.3. The van der Waals surface area contributed by atoms with Crippen LogP contribution in [-0.2, 0) is 21.5 Å². The molecule has 0 radical (unpaired) electrons. The van der Waals surface area contributed by atoms with Crippen LogP contribution in [0.15, 0.2) is 24.3 Å². The largest absolute Gasteiger partial charge is 0.454 e. The number of nitrogens with zero attached hydrogens (tertiary/aromatic N) is 1. The molecule has 0 saturated carbocycles. The lowest BCUT2D eigenvalue weighted by molar-refractivity contribution is -0.129. The smallest absolute Gasteiger partial charge is 0.241 e. The van der Waals surface area contributed by atoms with E-state index in [1.807, 2.05) is 18.0 Å². The molecule has 0 aromatic heterocycles. The average Bonchev–Trinajstić information content (AvgIpc) is 3.14. The van der Waals surface area contributed by atoms with Crippen LogP contribution >= 0.6 is 0 Å². The van der Waals surface area contributed by atoms with Crippen molar-refractivity contribution in [3.8, 4) is 11.5 Å². The first-order chi connectivity index (χ1) is 11.6. The Morgan fingerprint density at radius 3 is 2.92 bits per heavy atom. The number of fused-ring (bicyclic) bond motifs is 2. The SMILES string of the molecule is CO[C@H]1C=C[C@@]23c4cc5c(cc4CN[C@@H]2C(=O)N(C)[C@H]3C1)OCO5. The van der Waals surface area contributed by atoms with Crippen LogP contribution in [0.2, 0.25) is 0 Å². The summed E-state index contributed by atoms with van der Waals surface area (Å²) in [5.74, 6) is 1.70. The molecule has 24 heavy (non-hydrogen) atoms. The van der Waals surface area contributed by atoms with Gasteiger partial charge in [-0.1, -0.05) is 12.2 Å². The molecule has 1 aromatic rings. The number of hydrogen-bond acceptors (Lipinski definition) is 5. The van der Waals surface area contributed by atoms with Gasteiger partial charge in [-0.2, -0.15) is 0 Å². The monoisotopic (exact) mass is 328 g/mol. The number of nitrogens with one attached hydrogen (secondary N) is 1. The number of benzene rings is 1. The zero-order valence-electron chi connectivity index (χ0n) is 13.7. The fraction of sp³-hybridized carbons (Fsp3) is 0.500. The van der Waals surface area contributed by atoms with Crippen LogP contribution in [-0.4, -0.2) is 49.9 Å². The molecule has 1 fully saturated rings. The van der Waals surface area contributed by atoms with Crippen LogP contribution in [0, 0.1) is 0 Å². The molecule has 3 aliphatic heterocycles. The Morgan fingerprint density at radius 2 is 2.12 bits per heavy atom. The fourth-order valence-corrected chi connectivity index (χ4v) is 4.80. The minimum atomic E-state index is -0.380. The van der Waals surface area contributed by atoms with Gasteiger partial charge >= 0.3 is 0 Å². The Kier molecular flexibility index (Phi) is 2.82. The predicted molar refractivity (Wildman–Crippen MR) is 86.0 cm³/mol. The molecule has 5 rings (SSSR count). The van der Waals surface area contributed by atoms with Crippen molar-refractivity contribution in [1.29, 1.82) is 0 Å². The van der Waals surface area contributed by atoms with Gasteiger partial charge in [-0.3, -0.25) is 4.79 Å². The highest BCUT2D eigenvalue weighted by molar-refractivity contribution is 5.89. The van der Waals surface area contributed by atoms with E-state index in [4.69, 9.17) is 14.2 Å². The summed E-state index contributed by atoms with van der Waals surface area (Å²) >= 11 is 0. The third kappa shape index (κ3) is 1.60. The van der Waals surface area contributed by atoms with E-state index in [0.717, 1.165) is 17.9 Å². The highest BCUT2D eigenvalue weighted by Gasteiger charge is 2.61. The van der Waals surface area contributed by atoms with Crippen molar-refractivity contribution in [2.24, 2.45) is 0 Å². The van der Waals surface area contributed by atoms with Crippen LogP contribution < -0.4 is 14.8 Å². The zero-order chi connectivity index (χ0) is 16.5. The maximum absolute atomic E-state index is 12.9. The van der Waals surface area contributed by atoms with Gasteiger partial charge in [0, 0.05) is 26.7 Å². The van der Waals surface area contributed by atoms with Gasteiger partial charge in [-0.15, -0.1) is 0 Å². The van der Waals surface area contributed by atoms with Crippen molar-refractivity contribution in [3.63, 3.8) is 0 Å². The molecule has 0 unspecified atom stereocenters. The van der Waals surface area contributed by atoms with Crippen molar-refractivity contribution >= 4 is 5.91 Å². The van der Waals surface area contributed by atoms with Gasteiger partial charge in [-0.25, -0.2) is 0 Å². The minimum absolute atomic E-state index is 0.0361. The van der Waals surface area contributed by atoms with E-state index in [9.17, 15) is 4.79 Å². The van der Waals surface area contributed by atoms with E-state index in [1.165, 1.54) is 11.1 Å². The molecular formula is C18H20N2O4. The molecule has 1 amide bonds. The summed E-state index contributed by atoms with van der Waals surface area (Å²) in [7, 11) is 3.61. The molecule has 1 N–H and O–H groups in total. The third-order valence-electron chi connectivity index (χ3n) is 6.00. The number of likely N-dealkylation sites (N-methyl/N-ethyl adjacent to an activating group) is 1. The maximum Gasteiger partial charge on any atom is 0.241 e. The van der Waals surface area contributed by atoms with Gasteiger partial charge in [0.05, 0.1) is 11.5 Å². The Bertz CT molecular complexity index is 762. The molecule has 6 nitrogen and oxygen atoms in total. The van der Waals surface area contributed by atoms with E-state index in [-0.39, 0.29) is 36.3 Å². The highest BCUT2D eigenvalue weighted by Crippen LogP contribution is 2.51. The topological polar surface area (TPSA) is 60.0 Å². The molecule has 3 heterocycles. The Morgan fingerprint density at radius 1 is 1.33 bits per heavy atom. The van der Waals surface area contributed by atoms with Crippen LogP contribution in [0.5, 0.6) is 11.5 Å². The number of methoxy groups -OCH3 is 1. The lowest BCUT2D eigenvalue weighted by Crippen LogP contribution is -2.56. The van der Waals surface area contributed by atoms with E-state index < -0.39 is 0 Å². The first-order valence-corrected chi connectivity index (χ1v) is 8.30. The minimum Gasteiger partial charge on any atom is -0.454 e. The van der Waals surface area contributed by atoms with Crippen LogP contribution in [0.25, 0.3) is 0 Å². The van der Waals surface area contributed by atoms with E-state index >= 15 is 0 Å². The number of likely N-dealkylation sites (tertiary alicyclic amines) is 1. The second-order valence-electron chi connectivity index (χ2n) is 6.94. The van der Waals surface area contributed by atoms with Gasteiger partial charge in [0.15, 0.2) is 11.5 Å². The molecule has 4 atom stereocenters. The normalized spacial score (nSPS) is 35.7. The van der Waals surface area contributed by atoms with Gasteiger partial charge in [0.2, 0.25) is 12.7 Å². The molecule has 6 heteroatoms. The van der Waals surface area contributed by atoms with Crippen molar-refractivity contribution in [1.82, 2.24) is 10.2 Å². The van der Waals surface area contributed by atoms with Gasteiger partial charge < -0.3 is 24.4 Å². The lowest BCUT2D eigenvalue weighted by atomic mass is 9.64. The number of rotatable bonds is 1. The van der Waals surface area contributed by atoms with Crippen molar-refractivity contribution in [2.45, 2.75) is 36.6 Å². The molecule has 1 spiro atoms. The Hall–Kier alpha value is -2.05. The van der Waals surface area contributed by atoms with Crippen molar-refractivity contribution in [2.75, 3.05) is 21.0 Å². The number of carbonyl (C=O) groups excluding carboxylic acids is 1. The summed E-state index contributed by atoms with van der Waals surface area (Å²) in [5.41, 5.74) is 1.96. The van der Waals surface area contributed by atoms with Gasteiger partial charge in [-0.05, 0) is 29.7 Å². The number of carbonyl (C=O) groups is 1. The molecular weight excluding hydrogens is 308 g/mol. The second kappa shape index (κ2) is 4.74. The summed E-state index contributed by atoms with van der Waals surface area (Å²) in [6.45, 7) is 0.915. The van der Waals surface area contributed by atoms with E-state index in [0.29, 0.717) is 6.54 Å². The summed E-state index contributed by atoms with van der Waals surface area (Å²) in [6, 6.07) is 3.94. The summed E-state index contributed by atoms with van der Waals surface area (Å²) in [5, 5.41) is 3.45. The van der Waals surface area contributed by atoms with E-state index in [1.54, 1.807) is 7.11 Å². The zero-order valence-corrected chi connectivity index (χ0v) is 13.7. The molecule has 0 bridgehead atoms. The number of amides is 1. The van der Waals surface area contributed by atoms with Gasteiger partial charge in [0.25, 0.3) is 0 Å². The van der Waals surface area contributed by atoms with Crippen molar-refractivity contribution in [3.05, 3.63) is 35.4 Å². The first-order valence-electron chi connectivity index (χ1n) is 8.30. The highest BCUT2D eigenvalue weighted by atomic mass is 16.7. The standard InChI is InChI=1S/C18H20N2O4/c1-20-15-6-11(22-2)3-4-18(15)12-7-14-13(23-9-24-14)5-10(12)8-19-16(18)17(20)21/h3-5,7,11,15-16,19H,6,8-9H2,1-2H3/t11-,15-,16+,18-/m0/s1. The van der Waals surface area contributed by atoms with Crippen LogP contribution in [0.3, 0.4) is 0 Å². The number of hydrogen-bond donors (Lipinski definition) is 1. The Balaban J connectivity index is 1.73. The van der Waals surface area contributed by atoms with E-state index in [2.05, 4.69) is 23.5 Å². The third-order valence-corrected chi connectivity index (χ3v) is 6.00. The predicted octanol–water partition coefficient (Wildman–Crippen LogP) is 0.940. The summed E-state index contributed by atoms with van der Waals surface area (Å²) in [4.78, 5) is 14.8.